The van der Waals surface area contributed by atoms with E-state index in [1.807, 2.05) is 18.5 Å². The summed E-state index contributed by atoms with van der Waals surface area (Å²) in [7, 11) is 0. The molecule has 2 fully saturated rings. The highest BCUT2D eigenvalue weighted by atomic mass is 19.4. The minimum absolute atomic E-state index is 0.0487. The Labute approximate surface area is 177 Å². The molecular weight excluding hydrogens is 413 g/mol. The first-order chi connectivity index (χ1) is 14.8. The molecule has 168 valence electrons. The molecule has 2 aliphatic heterocycles. The predicted molar refractivity (Wildman–Crippen MR) is 107 cm³/mol. The van der Waals surface area contributed by atoms with Gasteiger partial charge in [0, 0.05) is 24.8 Å². The van der Waals surface area contributed by atoms with E-state index in [1.165, 1.54) is 0 Å². The standard InChI is InChI=1S/C20H25F3N6O2/c1-10(2)15-16-18(29(28-15)12-5-6-30-9-12)31-8-11-3-4-14(11)25-17-13(20(21,22)23)7-24-19(26-16)27-17/h7,10-12,14H,3-6,8-9H2,1-2H3,(H2,24,25,26,27)/t11-,12?,14?/m0/s1. The summed E-state index contributed by atoms with van der Waals surface area (Å²) in [5, 5.41) is 10.9. The highest BCUT2D eigenvalue weighted by Crippen LogP contribution is 2.42. The van der Waals surface area contributed by atoms with Crippen LogP contribution >= 0.6 is 0 Å². The minimum Gasteiger partial charge on any atom is -0.476 e. The Morgan fingerprint density at radius 1 is 1.19 bits per heavy atom. The van der Waals surface area contributed by atoms with Gasteiger partial charge in [-0.1, -0.05) is 13.8 Å². The van der Waals surface area contributed by atoms with Crippen LogP contribution in [-0.2, 0) is 10.9 Å². The van der Waals surface area contributed by atoms with Gasteiger partial charge in [-0.3, -0.25) is 0 Å². The van der Waals surface area contributed by atoms with E-state index in [-0.39, 0.29) is 35.7 Å². The summed E-state index contributed by atoms with van der Waals surface area (Å²) < 4.78 is 54.2. The van der Waals surface area contributed by atoms with Crippen LogP contribution in [0.25, 0.3) is 0 Å². The van der Waals surface area contributed by atoms with Crippen molar-refractivity contribution >= 4 is 17.5 Å². The molecule has 11 heteroatoms. The summed E-state index contributed by atoms with van der Waals surface area (Å²) in [4.78, 5) is 8.15. The van der Waals surface area contributed by atoms with Gasteiger partial charge in [0.15, 0.2) is 0 Å². The number of hydrogen-bond acceptors (Lipinski definition) is 7. The minimum atomic E-state index is -4.54. The lowest BCUT2D eigenvalue weighted by molar-refractivity contribution is -0.137. The van der Waals surface area contributed by atoms with Crippen LogP contribution < -0.4 is 15.4 Å². The van der Waals surface area contributed by atoms with E-state index < -0.39 is 11.7 Å². The predicted octanol–water partition coefficient (Wildman–Crippen LogP) is 4.10. The van der Waals surface area contributed by atoms with Crippen molar-refractivity contribution in [1.29, 1.82) is 0 Å². The molecule has 0 radical (unpaired) electrons. The molecule has 2 aromatic heterocycles. The van der Waals surface area contributed by atoms with Crippen molar-refractivity contribution in [3.8, 4) is 5.88 Å². The molecule has 2 N–H and O–H groups in total. The zero-order chi connectivity index (χ0) is 21.8. The van der Waals surface area contributed by atoms with Crippen LogP contribution in [0.2, 0.25) is 0 Å². The van der Waals surface area contributed by atoms with Gasteiger partial charge in [-0.2, -0.15) is 23.3 Å². The van der Waals surface area contributed by atoms with Gasteiger partial charge in [0.2, 0.25) is 11.8 Å². The Hall–Kier alpha value is -2.56. The molecule has 1 saturated heterocycles. The first kappa shape index (κ1) is 20.3. The zero-order valence-corrected chi connectivity index (χ0v) is 17.4. The molecule has 2 bridgehead atoms. The van der Waals surface area contributed by atoms with Crippen LogP contribution in [0.4, 0.5) is 30.6 Å². The SMILES string of the molecule is CC(C)c1nn(C2CCOC2)c2c1Nc1ncc(C(F)(F)F)c(n1)NC1CC[C@H]1CO2. The summed E-state index contributed by atoms with van der Waals surface area (Å²) in [5.41, 5.74) is 0.488. The lowest BCUT2D eigenvalue weighted by Crippen LogP contribution is -2.42. The molecular formula is C20H25F3N6O2. The van der Waals surface area contributed by atoms with Crippen LogP contribution in [0.15, 0.2) is 6.20 Å². The number of rotatable bonds is 2. The van der Waals surface area contributed by atoms with E-state index in [9.17, 15) is 13.2 Å². The smallest absolute Gasteiger partial charge is 0.421 e. The molecule has 8 nitrogen and oxygen atoms in total. The van der Waals surface area contributed by atoms with Gasteiger partial charge < -0.3 is 20.1 Å². The fourth-order valence-corrected chi connectivity index (χ4v) is 4.25. The fraction of sp³-hybridized carbons (Fsp3) is 0.650. The molecule has 0 aromatic carbocycles. The molecule has 31 heavy (non-hydrogen) atoms. The Balaban J connectivity index is 1.62. The maximum absolute atomic E-state index is 13.5. The number of nitrogens with zero attached hydrogens (tertiary/aromatic N) is 4. The van der Waals surface area contributed by atoms with Crippen LogP contribution in [0, 0.1) is 5.92 Å². The Morgan fingerprint density at radius 3 is 2.68 bits per heavy atom. The summed E-state index contributed by atoms with van der Waals surface area (Å²) in [5.74, 6) is 0.572. The van der Waals surface area contributed by atoms with E-state index in [2.05, 4.69) is 20.6 Å². The maximum Gasteiger partial charge on any atom is 0.421 e. The number of hydrogen-bond donors (Lipinski definition) is 2. The number of nitrogens with one attached hydrogen (secondary N) is 2. The summed E-state index contributed by atoms with van der Waals surface area (Å²) >= 11 is 0. The van der Waals surface area contributed by atoms with Crippen LogP contribution in [0.5, 0.6) is 5.88 Å². The van der Waals surface area contributed by atoms with Crippen LogP contribution in [-0.4, -0.2) is 45.6 Å². The molecule has 3 aliphatic rings. The van der Waals surface area contributed by atoms with Crippen molar-refractivity contribution in [3.05, 3.63) is 17.5 Å². The number of alkyl halides is 3. The zero-order valence-electron chi connectivity index (χ0n) is 17.4. The van der Waals surface area contributed by atoms with Crippen molar-refractivity contribution < 1.29 is 22.6 Å². The topological polar surface area (TPSA) is 86.1 Å². The van der Waals surface area contributed by atoms with Crippen LogP contribution in [0.1, 0.15) is 56.3 Å². The lowest BCUT2D eigenvalue weighted by Gasteiger charge is -2.37. The molecule has 1 saturated carbocycles. The van der Waals surface area contributed by atoms with E-state index in [4.69, 9.17) is 14.6 Å². The number of fused-ring (bicyclic) bond motifs is 4. The van der Waals surface area contributed by atoms with Gasteiger partial charge in [-0.15, -0.1) is 0 Å². The molecule has 4 heterocycles. The lowest BCUT2D eigenvalue weighted by atomic mass is 9.80. The largest absolute Gasteiger partial charge is 0.476 e. The molecule has 1 aliphatic carbocycles. The van der Waals surface area contributed by atoms with Gasteiger partial charge in [-0.25, -0.2) is 9.67 Å². The van der Waals surface area contributed by atoms with E-state index in [1.54, 1.807) is 0 Å². The Kier molecular flexibility index (Phi) is 4.95. The van der Waals surface area contributed by atoms with Crippen molar-refractivity contribution in [2.75, 3.05) is 30.5 Å². The van der Waals surface area contributed by atoms with Gasteiger partial charge in [0.25, 0.3) is 0 Å². The maximum atomic E-state index is 13.5. The Morgan fingerprint density at radius 2 is 2.03 bits per heavy atom. The molecule has 3 atom stereocenters. The monoisotopic (exact) mass is 438 g/mol. The summed E-state index contributed by atoms with van der Waals surface area (Å²) in [6, 6.07) is -0.0891. The summed E-state index contributed by atoms with van der Waals surface area (Å²) in [6.45, 7) is 5.60. The molecule has 5 rings (SSSR count). The van der Waals surface area contributed by atoms with E-state index in [0.29, 0.717) is 31.4 Å². The van der Waals surface area contributed by atoms with Gasteiger partial charge in [0.1, 0.15) is 17.1 Å². The van der Waals surface area contributed by atoms with Crippen LogP contribution in [0.3, 0.4) is 0 Å². The second kappa shape index (κ2) is 7.54. The number of halogens is 3. The van der Waals surface area contributed by atoms with E-state index in [0.717, 1.165) is 31.2 Å². The van der Waals surface area contributed by atoms with Crippen molar-refractivity contribution in [1.82, 2.24) is 19.7 Å². The van der Waals surface area contributed by atoms with Crippen molar-refractivity contribution in [3.63, 3.8) is 0 Å². The van der Waals surface area contributed by atoms with Gasteiger partial charge in [0.05, 0.1) is 24.9 Å². The van der Waals surface area contributed by atoms with Crippen molar-refractivity contribution in [2.45, 2.75) is 57.3 Å². The third-order valence-electron chi connectivity index (χ3n) is 6.20. The number of anilines is 3. The second-order valence-electron chi connectivity index (χ2n) is 8.66. The van der Waals surface area contributed by atoms with Crippen molar-refractivity contribution in [2.24, 2.45) is 5.92 Å². The summed E-state index contributed by atoms with van der Waals surface area (Å²) in [6.07, 6.45) is -1.26. The molecule has 2 unspecified atom stereocenters. The fourth-order valence-electron chi connectivity index (χ4n) is 4.25. The third-order valence-corrected chi connectivity index (χ3v) is 6.20. The van der Waals surface area contributed by atoms with E-state index >= 15 is 0 Å². The normalized spacial score (nSPS) is 25.4. The average Bonchev–Trinajstić information content (AvgIpc) is 3.32. The Bertz CT molecular complexity index is 971. The third kappa shape index (κ3) is 3.68. The quantitative estimate of drug-likeness (QED) is 0.730. The number of ether oxygens (including phenoxy) is 2. The highest BCUT2D eigenvalue weighted by molar-refractivity contribution is 5.66. The molecule has 2 aromatic rings. The highest BCUT2D eigenvalue weighted by Gasteiger charge is 2.39. The van der Waals surface area contributed by atoms with Gasteiger partial charge >= 0.3 is 6.18 Å². The second-order valence-corrected chi connectivity index (χ2v) is 8.66. The molecule has 0 amide bonds. The average molecular weight is 438 g/mol. The first-order valence-corrected chi connectivity index (χ1v) is 10.6. The molecule has 0 spiro atoms. The first-order valence-electron chi connectivity index (χ1n) is 10.6. The van der Waals surface area contributed by atoms with Gasteiger partial charge in [-0.05, 0) is 25.2 Å². The number of aromatic nitrogens is 4.